The van der Waals surface area contributed by atoms with E-state index in [0.717, 1.165) is 22.5 Å². The second-order valence-electron chi connectivity index (χ2n) is 7.47. The predicted molar refractivity (Wildman–Crippen MR) is 111 cm³/mol. The molecule has 1 aliphatic heterocycles. The molecule has 0 radical (unpaired) electrons. The number of likely N-dealkylation sites (tertiary alicyclic amines) is 1. The van der Waals surface area contributed by atoms with Crippen molar-refractivity contribution in [3.63, 3.8) is 0 Å². The highest BCUT2D eigenvalue weighted by molar-refractivity contribution is 6.30. The monoisotopic (exact) mass is 429 g/mol. The highest BCUT2D eigenvalue weighted by Crippen LogP contribution is 2.25. The van der Waals surface area contributed by atoms with Crippen molar-refractivity contribution in [2.45, 2.75) is 25.0 Å². The van der Waals surface area contributed by atoms with E-state index >= 15 is 0 Å². The van der Waals surface area contributed by atoms with Crippen LogP contribution >= 0.6 is 11.6 Å². The largest absolute Gasteiger partial charge is 0.372 e. The van der Waals surface area contributed by atoms with Crippen LogP contribution < -0.4 is 5.32 Å². The van der Waals surface area contributed by atoms with Gasteiger partial charge in [-0.2, -0.15) is 0 Å². The van der Waals surface area contributed by atoms with Crippen LogP contribution in [0.4, 0.5) is 4.39 Å². The molecule has 1 aliphatic rings. The SMILES string of the molecule is O=C(NCc1cc(F)cc(Cl)c1)[C@@]1(O)CCN(CCc2c[nH]c3ccccc23)C1=O. The first-order valence-electron chi connectivity index (χ1n) is 9.67. The molecule has 3 aromatic rings. The first-order valence-corrected chi connectivity index (χ1v) is 10.0. The van der Waals surface area contributed by atoms with E-state index in [4.69, 9.17) is 11.6 Å². The minimum atomic E-state index is -2.11. The summed E-state index contributed by atoms with van der Waals surface area (Å²) in [6, 6.07) is 11.8. The van der Waals surface area contributed by atoms with Gasteiger partial charge in [-0.1, -0.05) is 29.8 Å². The molecule has 0 saturated carbocycles. The molecule has 1 fully saturated rings. The number of nitrogens with zero attached hydrogens (tertiary/aromatic N) is 1. The Morgan fingerprint density at radius 1 is 1.30 bits per heavy atom. The summed E-state index contributed by atoms with van der Waals surface area (Å²) >= 11 is 5.81. The van der Waals surface area contributed by atoms with E-state index in [9.17, 15) is 19.1 Å². The van der Waals surface area contributed by atoms with Gasteiger partial charge in [-0.15, -0.1) is 0 Å². The number of aromatic nitrogens is 1. The zero-order chi connectivity index (χ0) is 21.3. The lowest BCUT2D eigenvalue weighted by Gasteiger charge is -2.21. The molecule has 2 heterocycles. The number of rotatable bonds is 6. The number of carbonyl (C=O) groups is 2. The van der Waals surface area contributed by atoms with Crippen molar-refractivity contribution in [3.05, 3.63) is 70.6 Å². The summed E-state index contributed by atoms with van der Waals surface area (Å²) in [4.78, 5) is 30.0. The average Bonchev–Trinajstić information content (AvgIpc) is 3.26. The van der Waals surface area contributed by atoms with E-state index in [1.807, 2.05) is 30.5 Å². The van der Waals surface area contributed by atoms with Gasteiger partial charge in [0.25, 0.3) is 11.8 Å². The summed E-state index contributed by atoms with van der Waals surface area (Å²) in [5, 5.41) is 14.5. The van der Waals surface area contributed by atoms with Crippen LogP contribution in [0.5, 0.6) is 0 Å². The highest BCUT2D eigenvalue weighted by Gasteiger charge is 2.50. The fourth-order valence-electron chi connectivity index (χ4n) is 3.83. The van der Waals surface area contributed by atoms with Gasteiger partial charge in [0.05, 0.1) is 0 Å². The molecule has 4 rings (SSSR count). The number of nitrogens with one attached hydrogen (secondary N) is 2. The predicted octanol–water partition coefficient (Wildman–Crippen LogP) is 2.78. The van der Waals surface area contributed by atoms with Crippen LogP contribution in [0.15, 0.2) is 48.7 Å². The highest BCUT2D eigenvalue weighted by atomic mass is 35.5. The molecule has 0 spiro atoms. The normalized spacial score (nSPS) is 18.9. The molecule has 0 bridgehead atoms. The van der Waals surface area contributed by atoms with Gasteiger partial charge in [0, 0.05) is 48.2 Å². The maximum absolute atomic E-state index is 13.4. The second kappa shape index (κ2) is 8.08. The number of para-hydroxylation sites is 1. The Morgan fingerprint density at radius 2 is 2.10 bits per heavy atom. The summed E-state index contributed by atoms with van der Waals surface area (Å²) in [6.07, 6.45) is 2.53. The van der Waals surface area contributed by atoms with E-state index < -0.39 is 23.2 Å². The second-order valence-corrected chi connectivity index (χ2v) is 7.91. The van der Waals surface area contributed by atoms with Crippen molar-refractivity contribution in [1.29, 1.82) is 0 Å². The molecular formula is C22H21ClFN3O3. The topological polar surface area (TPSA) is 85.4 Å². The van der Waals surface area contributed by atoms with Gasteiger partial charge in [-0.3, -0.25) is 9.59 Å². The molecule has 0 aliphatic carbocycles. The first kappa shape index (κ1) is 20.4. The number of aliphatic hydroxyl groups is 1. The fourth-order valence-corrected chi connectivity index (χ4v) is 4.07. The van der Waals surface area contributed by atoms with Gasteiger partial charge >= 0.3 is 0 Å². The molecule has 2 aromatic carbocycles. The molecule has 1 atom stereocenters. The van der Waals surface area contributed by atoms with Crippen molar-refractivity contribution in [3.8, 4) is 0 Å². The number of hydrogen-bond acceptors (Lipinski definition) is 3. The number of carbonyl (C=O) groups excluding carboxylic acids is 2. The molecule has 1 aromatic heterocycles. The van der Waals surface area contributed by atoms with Crippen LogP contribution in [0.1, 0.15) is 17.5 Å². The minimum absolute atomic E-state index is 0.00938. The lowest BCUT2D eigenvalue weighted by molar-refractivity contribution is -0.154. The maximum atomic E-state index is 13.4. The number of benzene rings is 2. The van der Waals surface area contributed by atoms with Gasteiger partial charge in [0.2, 0.25) is 5.60 Å². The van der Waals surface area contributed by atoms with Crippen molar-refractivity contribution in [2.24, 2.45) is 0 Å². The number of fused-ring (bicyclic) bond motifs is 1. The summed E-state index contributed by atoms with van der Waals surface area (Å²) in [7, 11) is 0. The molecule has 6 nitrogen and oxygen atoms in total. The molecule has 30 heavy (non-hydrogen) atoms. The van der Waals surface area contributed by atoms with Crippen LogP contribution in [-0.4, -0.2) is 45.5 Å². The van der Waals surface area contributed by atoms with E-state index in [2.05, 4.69) is 10.3 Å². The van der Waals surface area contributed by atoms with Crippen molar-refractivity contribution in [2.75, 3.05) is 13.1 Å². The van der Waals surface area contributed by atoms with Crippen molar-refractivity contribution < 1.29 is 19.1 Å². The Bertz CT molecular complexity index is 1100. The van der Waals surface area contributed by atoms with Gasteiger partial charge in [0.15, 0.2) is 0 Å². The van der Waals surface area contributed by atoms with E-state index in [1.54, 1.807) is 0 Å². The minimum Gasteiger partial charge on any atom is -0.372 e. The van der Waals surface area contributed by atoms with Crippen molar-refractivity contribution >= 4 is 34.3 Å². The fraction of sp³-hybridized carbons (Fsp3) is 0.273. The van der Waals surface area contributed by atoms with Crippen molar-refractivity contribution in [1.82, 2.24) is 15.2 Å². The molecule has 0 unspecified atom stereocenters. The Morgan fingerprint density at radius 3 is 2.90 bits per heavy atom. The van der Waals surface area contributed by atoms with Crippen LogP contribution in [0, 0.1) is 5.82 Å². The first-order chi connectivity index (χ1) is 14.4. The van der Waals surface area contributed by atoms with Gasteiger partial charge < -0.3 is 20.3 Å². The molecule has 2 amide bonds. The lowest BCUT2D eigenvalue weighted by Crippen LogP contribution is -2.52. The van der Waals surface area contributed by atoms with E-state index in [0.29, 0.717) is 18.5 Å². The molecular weight excluding hydrogens is 409 g/mol. The third-order valence-electron chi connectivity index (χ3n) is 5.46. The van der Waals surface area contributed by atoms with Gasteiger partial charge in [0.1, 0.15) is 5.82 Å². The average molecular weight is 430 g/mol. The van der Waals surface area contributed by atoms with E-state index in [1.165, 1.54) is 17.0 Å². The molecule has 156 valence electrons. The third-order valence-corrected chi connectivity index (χ3v) is 5.68. The Hall–Kier alpha value is -2.90. The number of hydrogen-bond donors (Lipinski definition) is 3. The number of aromatic amines is 1. The summed E-state index contributed by atoms with van der Waals surface area (Å²) in [6.45, 7) is 0.647. The summed E-state index contributed by atoms with van der Waals surface area (Å²) < 4.78 is 13.4. The van der Waals surface area contributed by atoms with Crippen LogP contribution in [-0.2, 0) is 22.6 Å². The lowest BCUT2D eigenvalue weighted by atomic mass is 10.0. The summed E-state index contributed by atoms with van der Waals surface area (Å²) in [5.74, 6) is -1.93. The maximum Gasteiger partial charge on any atom is 0.264 e. The quantitative estimate of drug-likeness (QED) is 0.527. The zero-order valence-corrected chi connectivity index (χ0v) is 16.9. The van der Waals surface area contributed by atoms with Gasteiger partial charge in [-0.05, 0) is 41.8 Å². The third kappa shape index (κ3) is 3.91. The van der Waals surface area contributed by atoms with E-state index in [-0.39, 0.29) is 24.5 Å². The van der Waals surface area contributed by atoms with Gasteiger partial charge in [-0.25, -0.2) is 4.39 Å². The Balaban J connectivity index is 1.37. The van der Waals surface area contributed by atoms with Crippen LogP contribution in [0.2, 0.25) is 5.02 Å². The standard InChI is InChI=1S/C22H21ClFN3O3/c23-16-9-14(10-17(24)11-16)12-26-20(28)22(30)6-8-27(21(22)29)7-5-15-13-25-19-4-2-1-3-18(15)19/h1-4,9-11,13,25,30H,5-8,12H2,(H,26,28)/t22-/m0/s1. The smallest absolute Gasteiger partial charge is 0.264 e. The molecule has 3 N–H and O–H groups in total. The number of amides is 2. The van der Waals surface area contributed by atoms with Crippen LogP contribution in [0.3, 0.4) is 0 Å². The Kier molecular flexibility index (Phi) is 5.49. The van der Waals surface area contributed by atoms with Crippen LogP contribution in [0.25, 0.3) is 10.9 Å². The molecule has 8 heteroatoms. The number of H-pyrrole nitrogens is 1. The zero-order valence-electron chi connectivity index (χ0n) is 16.1. The number of halogens is 2. The molecule has 1 saturated heterocycles. The summed E-state index contributed by atoms with van der Waals surface area (Å²) in [5.41, 5.74) is 0.422. The Labute approximate surface area is 177 Å².